The van der Waals surface area contributed by atoms with E-state index in [1.165, 1.54) is 0 Å². The van der Waals surface area contributed by atoms with Crippen molar-refractivity contribution >= 4 is 5.91 Å². The third-order valence-corrected chi connectivity index (χ3v) is 5.86. The Balaban J connectivity index is 1.69. The quantitative estimate of drug-likeness (QED) is 0.583. The van der Waals surface area contributed by atoms with Crippen molar-refractivity contribution in [3.8, 4) is 11.8 Å². The van der Waals surface area contributed by atoms with Crippen molar-refractivity contribution in [3.05, 3.63) is 46.8 Å². The van der Waals surface area contributed by atoms with Crippen molar-refractivity contribution in [1.82, 2.24) is 14.7 Å². The highest BCUT2D eigenvalue weighted by atomic mass is 16.5. The second-order valence-electron chi connectivity index (χ2n) is 8.04. The fourth-order valence-corrected chi connectivity index (χ4v) is 4.14. The Hall–Kier alpha value is -2.85. The van der Waals surface area contributed by atoms with Crippen LogP contribution in [0.15, 0.2) is 24.3 Å². The van der Waals surface area contributed by atoms with Gasteiger partial charge in [0.1, 0.15) is 5.75 Å². The largest absolute Gasteiger partial charge is 0.497 e. The number of methoxy groups -OCH3 is 1. The average molecular weight is 425 g/mol. The third-order valence-electron chi connectivity index (χ3n) is 5.86. The molecule has 0 bridgehead atoms. The average Bonchev–Trinajstić information content (AvgIpc) is 3.38. The molecule has 0 radical (unpaired) electrons. The Morgan fingerprint density at radius 3 is 2.97 bits per heavy atom. The minimum Gasteiger partial charge on any atom is -0.497 e. The third kappa shape index (κ3) is 6.08. The van der Waals surface area contributed by atoms with Gasteiger partial charge in [-0.3, -0.25) is 9.48 Å². The van der Waals surface area contributed by atoms with Crippen LogP contribution in [0.5, 0.6) is 5.75 Å². The number of nitriles is 1. The van der Waals surface area contributed by atoms with E-state index in [2.05, 4.69) is 11.2 Å². The lowest BCUT2D eigenvalue weighted by Gasteiger charge is -2.26. The van der Waals surface area contributed by atoms with Crippen LogP contribution in [-0.4, -0.2) is 47.0 Å². The van der Waals surface area contributed by atoms with Gasteiger partial charge in [0.25, 0.3) is 0 Å². The number of ether oxygens (including phenoxy) is 2. The van der Waals surface area contributed by atoms with Gasteiger partial charge in [0, 0.05) is 31.8 Å². The van der Waals surface area contributed by atoms with Crippen molar-refractivity contribution in [1.29, 1.82) is 5.26 Å². The standard InChI is InChI=1S/C24H32N4O3/c1-18-23(19(2)28(26-18)13-6-12-25)10-11-24(29)27(17-22-9-5-14-31-22)16-20-7-4-8-21(15-20)30-3/h4,7-8,15,22H,5-6,9-11,13-14,16-17H2,1-3H3. The van der Waals surface area contributed by atoms with E-state index >= 15 is 0 Å². The molecule has 0 N–H and O–H groups in total. The van der Waals surface area contributed by atoms with Crippen LogP contribution in [0.25, 0.3) is 0 Å². The molecule has 1 fully saturated rings. The van der Waals surface area contributed by atoms with Gasteiger partial charge in [-0.2, -0.15) is 10.4 Å². The van der Waals surface area contributed by atoms with E-state index < -0.39 is 0 Å². The molecule has 1 atom stereocenters. The summed E-state index contributed by atoms with van der Waals surface area (Å²) in [5.41, 5.74) is 4.12. The second kappa shape index (κ2) is 11.0. The van der Waals surface area contributed by atoms with Gasteiger partial charge in [-0.1, -0.05) is 12.1 Å². The number of amides is 1. The molecule has 1 aromatic carbocycles. The molecule has 2 aromatic rings. The summed E-state index contributed by atoms with van der Waals surface area (Å²) in [4.78, 5) is 15.1. The highest BCUT2D eigenvalue weighted by molar-refractivity contribution is 5.76. The van der Waals surface area contributed by atoms with E-state index in [0.717, 1.165) is 47.7 Å². The molecule has 1 aliphatic heterocycles. The van der Waals surface area contributed by atoms with Crippen molar-refractivity contribution in [2.45, 2.75) is 65.1 Å². The number of carbonyl (C=O) groups is 1. The Morgan fingerprint density at radius 1 is 1.42 bits per heavy atom. The molecule has 7 heteroatoms. The Morgan fingerprint density at radius 2 is 2.26 bits per heavy atom. The van der Waals surface area contributed by atoms with Gasteiger partial charge in [0.05, 0.1) is 37.9 Å². The van der Waals surface area contributed by atoms with Crippen LogP contribution in [-0.2, 0) is 29.0 Å². The Kier molecular flexibility index (Phi) is 8.07. The van der Waals surface area contributed by atoms with E-state index in [9.17, 15) is 4.79 Å². The highest BCUT2D eigenvalue weighted by Crippen LogP contribution is 2.20. The van der Waals surface area contributed by atoms with Gasteiger partial charge < -0.3 is 14.4 Å². The maximum absolute atomic E-state index is 13.2. The fraction of sp³-hybridized carbons (Fsp3) is 0.542. The smallest absolute Gasteiger partial charge is 0.223 e. The minimum atomic E-state index is 0.103. The zero-order valence-electron chi connectivity index (χ0n) is 18.8. The summed E-state index contributed by atoms with van der Waals surface area (Å²) in [5.74, 6) is 0.903. The Labute approximate surface area is 184 Å². The molecule has 0 spiro atoms. The number of aryl methyl sites for hydroxylation is 2. The van der Waals surface area contributed by atoms with E-state index in [1.807, 2.05) is 47.7 Å². The molecule has 2 heterocycles. The zero-order valence-corrected chi connectivity index (χ0v) is 18.8. The zero-order chi connectivity index (χ0) is 22.2. The number of nitrogens with zero attached hydrogens (tertiary/aromatic N) is 4. The summed E-state index contributed by atoms with van der Waals surface area (Å²) < 4.78 is 13.0. The van der Waals surface area contributed by atoms with Crippen LogP contribution in [0.4, 0.5) is 0 Å². The summed E-state index contributed by atoms with van der Waals surface area (Å²) in [6.07, 6.45) is 3.63. The SMILES string of the molecule is COc1cccc(CN(CC2CCCO2)C(=O)CCc2c(C)nn(CCC#N)c2C)c1. The van der Waals surface area contributed by atoms with Crippen LogP contribution in [0.1, 0.15) is 48.2 Å². The van der Waals surface area contributed by atoms with Crippen molar-refractivity contribution < 1.29 is 14.3 Å². The van der Waals surface area contributed by atoms with Crippen LogP contribution in [0.2, 0.25) is 0 Å². The summed E-state index contributed by atoms with van der Waals surface area (Å²) in [7, 11) is 1.65. The molecule has 3 rings (SSSR count). The second-order valence-corrected chi connectivity index (χ2v) is 8.04. The number of carbonyl (C=O) groups excluding carboxylic acids is 1. The molecule has 1 aromatic heterocycles. The molecule has 1 saturated heterocycles. The summed E-state index contributed by atoms with van der Waals surface area (Å²) in [6, 6.07) is 10.0. The molecule has 1 unspecified atom stereocenters. The molecule has 7 nitrogen and oxygen atoms in total. The van der Waals surface area contributed by atoms with Gasteiger partial charge in [0.2, 0.25) is 5.91 Å². The van der Waals surface area contributed by atoms with Crippen LogP contribution in [0.3, 0.4) is 0 Å². The topological polar surface area (TPSA) is 80.4 Å². The predicted octanol–water partition coefficient (Wildman–Crippen LogP) is 3.56. The molecule has 31 heavy (non-hydrogen) atoms. The molecule has 1 amide bonds. The number of hydrogen-bond donors (Lipinski definition) is 0. The molecule has 0 saturated carbocycles. The first kappa shape index (κ1) is 22.8. The Bertz CT molecular complexity index is 925. The lowest BCUT2D eigenvalue weighted by molar-refractivity contribution is -0.133. The van der Waals surface area contributed by atoms with Gasteiger partial charge in [-0.05, 0) is 56.4 Å². The summed E-state index contributed by atoms with van der Waals surface area (Å²) in [6.45, 7) is 6.47. The van der Waals surface area contributed by atoms with E-state index in [1.54, 1.807) is 7.11 Å². The normalized spacial score (nSPS) is 15.6. The van der Waals surface area contributed by atoms with Crippen molar-refractivity contribution in [2.75, 3.05) is 20.3 Å². The van der Waals surface area contributed by atoms with Crippen LogP contribution < -0.4 is 4.74 Å². The highest BCUT2D eigenvalue weighted by Gasteiger charge is 2.23. The van der Waals surface area contributed by atoms with Crippen LogP contribution >= 0.6 is 0 Å². The number of benzene rings is 1. The first-order valence-electron chi connectivity index (χ1n) is 10.9. The number of rotatable bonds is 10. The summed E-state index contributed by atoms with van der Waals surface area (Å²) in [5, 5.41) is 13.4. The molecule has 166 valence electrons. The molecule has 1 aliphatic rings. The van der Waals surface area contributed by atoms with E-state index in [-0.39, 0.29) is 12.0 Å². The van der Waals surface area contributed by atoms with Crippen molar-refractivity contribution in [2.24, 2.45) is 0 Å². The lowest BCUT2D eigenvalue weighted by atomic mass is 10.1. The molecular weight excluding hydrogens is 392 g/mol. The van der Waals surface area contributed by atoms with Gasteiger partial charge in [0.15, 0.2) is 0 Å². The van der Waals surface area contributed by atoms with Gasteiger partial charge in [-0.15, -0.1) is 0 Å². The van der Waals surface area contributed by atoms with E-state index in [0.29, 0.717) is 38.9 Å². The number of aromatic nitrogens is 2. The van der Waals surface area contributed by atoms with E-state index in [4.69, 9.17) is 14.7 Å². The van der Waals surface area contributed by atoms with Crippen LogP contribution in [0, 0.1) is 25.2 Å². The summed E-state index contributed by atoms with van der Waals surface area (Å²) >= 11 is 0. The minimum absolute atomic E-state index is 0.103. The first-order valence-corrected chi connectivity index (χ1v) is 10.9. The molecule has 0 aliphatic carbocycles. The van der Waals surface area contributed by atoms with Gasteiger partial charge >= 0.3 is 0 Å². The van der Waals surface area contributed by atoms with Crippen molar-refractivity contribution in [3.63, 3.8) is 0 Å². The predicted molar refractivity (Wildman–Crippen MR) is 118 cm³/mol. The van der Waals surface area contributed by atoms with Gasteiger partial charge in [-0.25, -0.2) is 0 Å². The maximum atomic E-state index is 13.2. The number of hydrogen-bond acceptors (Lipinski definition) is 5. The molecular formula is C24H32N4O3. The lowest BCUT2D eigenvalue weighted by Crippen LogP contribution is -2.37. The first-order chi connectivity index (χ1) is 15.0. The maximum Gasteiger partial charge on any atom is 0.223 e. The monoisotopic (exact) mass is 424 g/mol. The fourth-order valence-electron chi connectivity index (χ4n) is 4.14.